The van der Waals surface area contributed by atoms with E-state index in [1.54, 1.807) is 0 Å². The molecule has 2 aromatic rings. The van der Waals surface area contributed by atoms with Crippen molar-refractivity contribution >= 4 is 29.4 Å². The SMILES string of the molecule is O=C(COC(=O)c1cccc(F)c1)NNC(=O)c1ccc(Cl)cc1. The molecule has 0 aliphatic heterocycles. The Morgan fingerprint density at radius 1 is 1.00 bits per heavy atom. The maximum atomic E-state index is 13.0. The highest BCUT2D eigenvalue weighted by Gasteiger charge is 2.12. The predicted octanol–water partition coefficient (Wildman–Crippen LogP) is 2.10. The van der Waals surface area contributed by atoms with Crippen LogP contribution in [0.2, 0.25) is 5.02 Å². The van der Waals surface area contributed by atoms with Crippen LogP contribution >= 0.6 is 11.6 Å². The first kappa shape index (κ1) is 17.4. The van der Waals surface area contributed by atoms with Crippen molar-refractivity contribution in [1.29, 1.82) is 0 Å². The minimum Gasteiger partial charge on any atom is -0.452 e. The molecule has 2 amide bonds. The highest BCUT2D eigenvalue weighted by molar-refractivity contribution is 6.30. The number of nitrogens with one attached hydrogen (secondary N) is 2. The van der Waals surface area contributed by atoms with Gasteiger partial charge in [-0.2, -0.15) is 0 Å². The lowest BCUT2D eigenvalue weighted by Crippen LogP contribution is -2.43. The molecule has 2 aromatic carbocycles. The summed E-state index contributed by atoms with van der Waals surface area (Å²) in [7, 11) is 0. The zero-order valence-electron chi connectivity index (χ0n) is 12.2. The molecule has 0 aromatic heterocycles. The normalized spacial score (nSPS) is 9.92. The number of ether oxygens (including phenoxy) is 1. The minimum atomic E-state index is -0.853. The summed E-state index contributed by atoms with van der Waals surface area (Å²) < 4.78 is 17.7. The fraction of sp³-hybridized carbons (Fsp3) is 0.0625. The number of halogens is 2. The van der Waals surface area contributed by atoms with Gasteiger partial charge in [0.05, 0.1) is 5.56 Å². The van der Waals surface area contributed by atoms with Crippen molar-refractivity contribution in [3.63, 3.8) is 0 Å². The molecule has 0 saturated carbocycles. The molecule has 0 aliphatic rings. The summed E-state index contributed by atoms with van der Waals surface area (Å²) in [6.45, 7) is -0.629. The third-order valence-corrected chi connectivity index (χ3v) is 3.07. The van der Waals surface area contributed by atoms with E-state index < -0.39 is 30.2 Å². The molecule has 6 nitrogen and oxygen atoms in total. The molecule has 0 spiro atoms. The third-order valence-electron chi connectivity index (χ3n) is 2.82. The van der Waals surface area contributed by atoms with Crippen LogP contribution in [0, 0.1) is 5.82 Å². The Kier molecular flexibility index (Phi) is 5.86. The molecule has 24 heavy (non-hydrogen) atoms. The molecule has 2 rings (SSSR count). The molecular weight excluding hydrogens is 339 g/mol. The summed E-state index contributed by atoms with van der Waals surface area (Å²) in [5.41, 5.74) is 4.52. The number of carbonyl (C=O) groups excluding carboxylic acids is 3. The van der Waals surface area contributed by atoms with Gasteiger partial charge in [-0.25, -0.2) is 9.18 Å². The van der Waals surface area contributed by atoms with E-state index >= 15 is 0 Å². The molecule has 0 bridgehead atoms. The molecule has 124 valence electrons. The summed E-state index contributed by atoms with van der Waals surface area (Å²) in [5.74, 6) is -2.75. The number of amides is 2. The van der Waals surface area contributed by atoms with Crippen molar-refractivity contribution in [1.82, 2.24) is 10.9 Å². The van der Waals surface area contributed by atoms with Crippen LogP contribution in [0.3, 0.4) is 0 Å². The zero-order valence-corrected chi connectivity index (χ0v) is 13.0. The van der Waals surface area contributed by atoms with Crippen molar-refractivity contribution in [2.24, 2.45) is 0 Å². The quantitative estimate of drug-likeness (QED) is 0.653. The number of benzene rings is 2. The highest BCUT2D eigenvalue weighted by Crippen LogP contribution is 2.09. The van der Waals surface area contributed by atoms with Gasteiger partial charge in [-0.1, -0.05) is 17.7 Å². The molecule has 0 unspecified atom stereocenters. The molecule has 0 heterocycles. The van der Waals surface area contributed by atoms with Crippen molar-refractivity contribution in [3.8, 4) is 0 Å². The number of carbonyl (C=O) groups is 3. The Bertz CT molecular complexity index is 765. The first-order valence-electron chi connectivity index (χ1n) is 6.73. The van der Waals surface area contributed by atoms with Gasteiger partial charge in [0.2, 0.25) is 0 Å². The van der Waals surface area contributed by atoms with Gasteiger partial charge in [0.25, 0.3) is 11.8 Å². The fourth-order valence-corrected chi connectivity index (χ4v) is 1.79. The Hall–Kier alpha value is -2.93. The predicted molar refractivity (Wildman–Crippen MR) is 83.7 cm³/mol. The van der Waals surface area contributed by atoms with Crippen molar-refractivity contribution in [2.45, 2.75) is 0 Å². The largest absolute Gasteiger partial charge is 0.452 e. The van der Waals surface area contributed by atoms with Crippen molar-refractivity contribution < 1.29 is 23.5 Å². The Labute approximate surface area is 141 Å². The molecule has 0 radical (unpaired) electrons. The van der Waals surface area contributed by atoms with E-state index in [1.165, 1.54) is 42.5 Å². The Balaban J connectivity index is 1.78. The van der Waals surface area contributed by atoms with E-state index in [-0.39, 0.29) is 11.1 Å². The molecule has 2 N–H and O–H groups in total. The van der Waals surface area contributed by atoms with Gasteiger partial charge in [-0.05, 0) is 42.5 Å². The summed E-state index contributed by atoms with van der Waals surface area (Å²) in [4.78, 5) is 34.9. The number of esters is 1. The first-order valence-corrected chi connectivity index (χ1v) is 7.11. The first-order chi connectivity index (χ1) is 11.5. The van der Waals surface area contributed by atoms with Crippen LogP contribution < -0.4 is 10.9 Å². The summed E-state index contributed by atoms with van der Waals surface area (Å²) in [5, 5.41) is 0.472. The average Bonchev–Trinajstić information content (AvgIpc) is 2.58. The summed E-state index contributed by atoms with van der Waals surface area (Å²) in [6.07, 6.45) is 0. The lowest BCUT2D eigenvalue weighted by molar-refractivity contribution is -0.125. The minimum absolute atomic E-state index is 0.0204. The van der Waals surface area contributed by atoms with Gasteiger partial charge in [-0.3, -0.25) is 20.4 Å². The molecule has 0 atom stereocenters. The van der Waals surface area contributed by atoms with Gasteiger partial charge in [0.15, 0.2) is 6.61 Å². The number of hydrogen-bond donors (Lipinski definition) is 2. The lowest BCUT2D eigenvalue weighted by Gasteiger charge is -2.08. The topological polar surface area (TPSA) is 84.5 Å². The zero-order chi connectivity index (χ0) is 17.5. The molecule has 0 aliphatic carbocycles. The van der Waals surface area contributed by atoms with E-state index in [2.05, 4.69) is 10.9 Å². The molecular formula is C16H12ClFN2O4. The average molecular weight is 351 g/mol. The van der Waals surface area contributed by atoms with Crippen LogP contribution in [0.1, 0.15) is 20.7 Å². The van der Waals surface area contributed by atoms with E-state index in [0.29, 0.717) is 5.02 Å². The molecule has 8 heteroatoms. The maximum Gasteiger partial charge on any atom is 0.338 e. The molecule has 0 fully saturated rings. The lowest BCUT2D eigenvalue weighted by atomic mass is 10.2. The monoisotopic (exact) mass is 350 g/mol. The van der Waals surface area contributed by atoms with Gasteiger partial charge in [0.1, 0.15) is 5.82 Å². The van der Waals surface area contributed by atoms with E-state index in [9.17, 15) is 18.8 Å². The second-order valence-corrected chi connectivity index (χ2v) is 5.03. The van der Waals surface area contributed by atoms with Crippen LogP contribution in [0.5, 0.6) is 0 Å². The summed E-state index contributed by atoms with van der Waals surface area (Å²) >= 11 is 5.70. The second kappa shape index (κ2) is 8.07. The Morgan fingerprint density at radius 2 is 1.71 bits per heavy atom. The van der Waals surface area contributed by atoms with Gasteiger partial charge in [0, 0.05) is 10.6 Å². The smallest absolute Gasteiger partial charge is 0.338 e. The van der Waals surface area contributed by atoms with Gasteiger partial charge in [-0.15, -0.1) is 0 Å². The maximum absolute atomic E-state index is 13.0. The van der Waals surface area contributed by atoms with E-state index in [1.807, 2.05) is 0 Å². The molecule has 0 saturated heterocycles. The second-order valence-electron chi connectivity index (χ2n) is 4.60. The van der Waals surface area contributed by atoms with Crippen LogP contribution in [0.25, 0.3) is 0 Å². The number of rotatable bonds is 4. The number of hydrogen-bond acceptors (Lipinski definition) is 4. The summed E-state index contributed by atoms with van der Waals surface area (Å²) in [6, 6.07) is 10.9. The van der Waals surface area contributed by atoms with E-state index in [4.69, 9.17) is 16.3 Å². The van der Waals surface area contributed by atoms with Crippen LogP contribution in [0.4, 0.5) is 4.39 Å². The van der Waals surface area contributed by atoms with Crippen molar-refractivity contribution in [3.05, 3.63) is 70.5 Å². The standard InChI is InChI=1S/C16H12ClFN2O4/c17-12-6-4-10(5-7-12)15(22)20-19-14(21)9-24-16(23)11-2-1-3-13(18)8-11/h1-8H,9H2,(H,19,21)(H,20,22). The van der Waals surface area contributed by atoms with Crippen LogP contribution in [-0.4, -0.2) is 24.4 Å². The van der Waals surface area contributed by atoms with Crippen LogP contribution in [-0.2, 0) is 9.53 Å². The highest BCUT2D eigenvalue weighted by atomic mass is 35.5. The van der Waals surface area contributed by atoms with E-state index in [0.717, 1.165) is 6.07 Å². The van der Waals surface area contributed by atoms with Crippen molar-refractivity contribution in [2.75, 3.05) is 6.61 Å². The van der Waals surface area contributed by atoms with Gasteiger partial charge < -0.3 is 4.74 Å². The fourth-order valence-electron chi connectivity index (χ4n) is 1.67. The van der Waals surface area contributed by atoms with Gasteiger partial charge >= 0.3 is 5.97 Å². The van der Waals surface area contributed by atoms with Crippen LogP contribution in [0.15, 0.2) is 48.5 Å². The number of hydrazine groups is 1. The Morgan fingerprint density at radius 3 is 2.38 bits per heavy atom. The third kappa shape index (κ3) is 5.06.